The number of rotatable bonds is 6. The van der Waals surface area contributed by atoms with E-state index in [0.29, 0.717) is 0 Å². The van der Waals surface area contributed by atoms with Gasteiger partial charge in [0.05, 0.1) is 21.7 Å². The fourth-order valence-electron chi connectivity index (χ4n) is 2.90. The lowest BCUT2D eigenvalue weighted by atomic mass is 10.1. The van der Waals surface area contributed by atoms with E-state index in [2.05, 4.69) is 21.2 Å². The van der Waals surface area contributed by atoms with Crippen molar-refractivity contribution in [1.29, 1.82) is 0 Å². The molecular formula is C22H14BrF3N2O5. The van der Waals surface area contributed by atoms with Crippen molar-refractivity contribution in [2.24, 2.45) is 0 Å². The number of carbonyl (C=O) groups excluding carboxylic acids is 2. The van der Waals surface area contributed by atoms with Crippen molar-refractivity contribution < 1.29 is 32.4 Å². The Balaban J connectivity index is 1.92. The first kappa shape index (κ1) is 23.9. The van der Waals surface area contributed by atoms with Gasteiger partial charge in [-0.2, -0.15) is 13.2 Å². The quantitative estimate of drug-likeness (QED) is 0.246. The first-order valence-electron chi connectivity index (χ1n) is 9.25. The van der Waals surface area contributed by atoms with Gasteiger partial charge in [-0.25, -0.2) is 4.79 Å². The van der Waals surface area contributed by atoms with Crippen LogP contribution >= 0.6 is 15.9 Å². The molecular weight excluding hydrogens is 509 g/mol. The molecule has 1 atom stereocenters. The predicted octanol–water partition coefficient (Wildman–Crippen LogP) is 5.91. The third-order valence-electron chi connectivity index (χ3n) is 4.44. The Hall–Kier alpha value is -3.73. The fourth-order valence-corrected chi connectivity index (χ4v) is 3.36. The van der Waals surface area contributed by atoms with Crippen molar-refractivity contribution in [3.8, 4) is 0 Å². The summed E-state index contributed by atoms with van der Waals surface area (Å²) in [4.78, 5) is 35.9. The lowest BCUT2D eigenvalue weighted by Gasteiger charge is -2.20. The number of amides is 1. The van der Waals surface area contributed by atoms with Crippen LogP contribution < -0.4 is 5.32 Å². The van der Waals surface area contributed by atoms with Crippen molar-refractivity contribution in [1.82, 2.24) is 0 Å². The molecule has 1 amide bonds. The second-order valence-electron chi connectivity index (χ2n) is 6.65. The van der Waals surface area contributed by atoms with Gasteiger partial charge < -0.3 is 10.1 Å². The minimum absolute atomic E-state index is 0.137. The van der Waals surface area contributed by atoms with Gasteiger partial charge in [-0.3, -0.25) is 14.9 Å². The smallest absolute Gasteiger partial charge is 0.417 e. The van der Waals surface area contributed by atoms with Crippen molar-refractivity contribution >= 4 is 39.2 Å². The van der Waals surface area contributed by atoms with E-state index in [1.165, 1.54) is 30.3 Å². The number of esters is 1. The molecule has 0 aliphatic carbocycles. The second-order valence-corrected chi connectivity index (χ2v) is 7.50. The Kier molecular flexibility index (Phi) is 7.12. The summed E-state index contributed by atoms with van der Waals surface area (Å²) in [6, 6.07) is 15.4. The van der Waals surface area contributed by atoms with Crippen LogP contribution in [0.15, 0.2) is 77.3 Å². The van der Waals surface area contributed by atoms with E-state index in [4.69, 9.17) is 4.74 Å². The molecule has 0 unspecified atom stereocenters. The Morgan fingerprint density at radius 2 is 1.64 bits per heavy atom. The van der Waals surface area contributed by atoms with Crippen molar-refractivity contribution in [2.45, 2.75) is 12.3 Å². The second kappa shape index (κ2) is 9.82. The number of nitro benzene ring substituents is 1. The molecule has 0 fully saturated rings. The number of alkyl halides is 3. The summed E-state index contributed by atoms with van der Waals surface area (Å²) in [6.07, 6.45) is -6.40. The van der Waals surface area contributed by atoms with E-state index in [0.717, 1.165) is 24.3 Å². The molecule has 1 N–H and O–H groups in total. The van der Waals surface area contributed by atoms with Crippen molar-refractivity contribution in [3.05, 3.63) is 104 Å². The summed E-state index contributed by atoms with van der Waals surface area (Å²) >= 11 is 3.12. The maximum atomic E-state index is 13.3. The summed E-state index contributed by atoms with van der Waals surface area (Å²) in [5.74, 6) is -2.21. The van der Waals surface area contributed by atoms with Crippen molar-refractivity contribution in [3.63, 3.8) is 0 Å². The number of nitrogens with zero attached hydrogens (tertiary/aromatic N) is 1. The lowest BCUT2D eigenvalue weighted by molar-refractivity contribution is -0.384. The minimum Gasteiger partial charge on any atom is -0.444 e. The van der Waals surface area contributed by atoms with Crippen LogP contribution in [0.25, 0.3) is 0 Å². The first-order valence-corrected chi connectivity index (χ1v) is 10.0. The molecule has 3 aromatic rings. The maximum Gasteiger partial charge on any atom is 0.417 e. The van der Waals surface area contributed by atoms with E-state index in [1.807, 2.05) is 0 Å². The molecule has 7 nitrogen and oxygen atoms in total. The SMILES string of the molecule is O=C(O[C@H](C(=O)Nc1ccc([N+](=O)[O-])cc1Br)c1ccccc1)c1ccccc1C(F)(F)F. The van der Waals surface area contributed by atoms with Crippen LogP contribution in [0.2, 0.25) is 0 Å². The zero-order valence-electron chi connectivity index (χ0n) is 16.5. The highest BCUT2D eigenvalue weighted by atomic mass is 79.9. The molecule has 0 radical (unpaired) electrons. The summed E-state index contributed by atoms with van der Waals surface area (Å²) in [5, 5.41) is 13.4. The third-order valence-corrected chi connectivity index (χ3v) is 5.10. The number of nitrogens with one attached hydrogen (secondary N) is 1. The van der Waals surface area contributed by atoms with E-state index < -0.39 is 40.2 Å². The van der Waals surface area contributed by atoms with Gasteiger partial charge in [-0.1, -0.05) is 42.5 Å². The Labute approximate surface area is 193 Å². The van der Waals surface area contributed by atoms with E-state index in [9.17, 15) is 32.9 Å². The normalized spacial score (nSPS) is 12.0. The topological polar surface area (TPSA) is 98.5 Å². The molecule has 0 aliphatic rings. The van der Waals surface area contributed by atoms with Gasteiger partial charge in [0.1, 0.15) is 0 Å². The van der Waals surface area contributed by atoms with E-state index >= 15 is 0 Å². The van der Waals surface area contributed by atoms with Gasteiger partial charge >= 0.3 is 12.1 Å². The number of nitro groups is 1. The van der Waals surface area contributed by atoms with Crippen LogP contribution in [-0.2, 0) is 15.7 Å². The van der Waals surface area contributed by atoms with Crippen LogP contribution in [0.5, 0.6) is 0 Å². The summed E-state index contributed by atoms with van der Waals surface area (Å²) in [7, 11) is 0. The standard InChI is InChI=1S/C22H14BrF3N2O5/c23-17-12-14(28(31)32)10-11-18(17)27-20(29)19(13-6-2-1-3-7-13)33-21(30)15-8-4-5-9-16(15)22(24,25)26/h1-12,19H,(H,27,29)/t19-/m0/s1. The molecule has 33 heavy (non-hydrogen) atoms. The molecule has 0 saturated carbocycles. The number of non-ortho nitro benzene ring substituents is 1. The predicted molar refractivity (Wildman–Crippen MR) is 115 cm³/mol. The Bertz CT molecular complexity index is 1200. The summed E-state index contributed by atoms with van der Waals surface area (Å²) < 4.78 is 45.3. The number of carbonyl (C=O) groups is 2. The molecule has 0 aromatic heterocycles. The molecule has 3 rings (SSSR count). The van der Waals surface area contributed by atoms with Crippen LogP contribution in [0, 0.1) is 10.1 Å². The van der Waals surface area contributed by atoms with Gasteiger partial charge in [0.25, 0.3) is 11.6 Å². The lowest BCUT2D eigenvalue weighted by Crippen LogP contribution is -2.27. The van der Waals surface area contributed by atoms with E-state index in [1.54, 1.807) is 18.2 Å². The fraction of sp³-hybridized carbons (Fsp3) is 0.0909. The van der Waals surface area contributed by atoms with Crippen LogP contribution in [0.4, 0.5) is 24.5 Å². The zero-order valence-corrected chi connectivity index (χ0v) is 18.1. The zero-order chi connectivity index (χ0) is 24.2. The highest BCUT2D eigenvalue weighted by Gasteiger charge is 2.36. The molecule has 11 heteroatoms. The average molecular weight is 523 g/mol. The van der Waals surface area contributed by atoms with Gasteiger partial charge in [-0.15, -0.1) is 0 Å². The Morgan fingerprint density at radius 3 is 2.24 bits per heavy atom. The summed E-state index contributed by atoms with van der Waals surface area (Å²) in [5.41, 5.74) is -1.81. The van der Waals surface area contributed by atoms with Crippen LogP contribution in [0.3, 0.4) is 0 Å². The first-order chi connectivity index (χ1) is 15.6. The molecule has 0 aliphatic heterocycles. The average Bonchev–Trinajstić information content (AvgIpc) is 2.78. The van der Waals surface area contributed by atoms with Crippen LogP contribution in [0.1, 0.15) is 27.6 Å². The molecule has 170 valence electrons. The van der Waals surface area contributed by atoms with Gasteiger partial charge in [-0.05, 0) is 34.1 Å². The van der Waals surface area contributed by atoms with Crippen molar-refractivity contribution in [2.75, 3.05) is 5.32 Å². The monoisotopic (exact) mass is 522 g/mol. The van der Waals surface area contributed by atoms with Gasteiger partial charge in [0.15, 0.2) is 0 Å². The van der Waals surface area contributed by atoms with Gasteiger partial charge in [0.2, 0.25) is 6.10 Å². The largest absolute Gasteiger partial charge is 0.444 e. The molecule has 0 bridgehead atoms. The number of ether oxygens (including phenoxy) is 1. The molecule has 3 aromatic carbocycles. The third kappa shape index (κ3) is 5.75. The Morgan fingerprint density at radius 1 is 1.00 bits per heavy atom. The number of halogens is 4. The number of benzene rings is 3. The van der Waals surface area contributed by atoms with E-state index in [-0.39, 0.29) is 21.4 Å². The number of hydrogen-bond acceptors (Lipinski definition) is 5. The highest BCUT2D eigenvalue weighted by Crippen LogP contribution is 2.33. The van der Waals surface area contributed by atoms with Gasteiger partial charge in [0, 0.05) is 22.2 Å². The highest BCUT2D eigenvalue weighted by molar-refractivity contribution is 9.10. The maximum absolute atomic E-state index is 13.3. The minimum atomic E-state index is -4.80. The van der Waals surface area contributed by atoms with Crippen LogP contribution in [-0.4, -0.2) is 16.8 Å². The summed E-state index contributed by atoms with van der Waals surface area (Å²) in [6.45, 7) is 0. The number of anilines is 1. The molecule has 0 saturated heterocycles. The molecule has 0 spiro atoms. The number of hydrogen-bond donors (Lipinski definition) is 1. The molecule has 0 heterocycles.